The van der Waals surface area contributed by atoms with E-state index in [4.69, 9.17) is 0 Å². The smallest absolute Gasteiger partial charge is 0.265 e. The van der Waals surface area contributed by atoms with Crippen molar-refractivity contribution in [3.05, 3.63) is 65.0 Å². The molecule has 0 spiro atoms. The number of rotatable bonds is 7. The molecule has 4 N–H and O–H groups in total. The van der Waals surface area contributed by atoms with Gasteiger partial charge in [-0.25, -0.2) is 0 Å². The van der Waals surface area contributed by atoms with Crippen molar-refractivity contribution in [1.29, 1.82) is 0 Å². The molecule has 6 heteroatoms. The largest absolute Gasteiger partial charge is 0.350 e. The van der Waals surface area contributed by atoms with Gasteiger partial charge in [-0.2, -0.15) is 0 Å². The van der Waals surface area contributed by atoms with Crippen LogP contribution in [0.25, 0.3) is 10.1 Å². The summed E-state index contributed by atoms with van der Waals surface area (Å²) in [5, 5.41) is 8.88. The number of hydrogen-bond acceptors (Lipinski definition) is 3. The van der Waals surface area contributed by atoms with E-state index in [2.05, 4.69) is 10.6 Å². The second kappa shape index (κ2) is 8.60. The lowest BCUT2D eigenvalue weighted by molar-refractivity contribution is -0.624. The Hall–Kier alpha value is -2.70. The molecular weight excluding hydrogens is 346 g/mol. The van der Waals surface area contributed by atoms with Gasteiger partial charge in [0.1, 0.15) is 0 Å². The van der Waals surface area contributed by atoms with Crippen molar-refractivity contribution < 1.29 is 14.9 Å². The van der Waals surface area contributed by atoms with Crippen molar-refractivity contribution in [2.24, 2.45) is 0 Å². The minimum absolute atomic E-state index is 0.00825. The predicted molar refractivity (Wildman–Crippen MR) is 106 cm³/mol. The lowest BCUT2D eigenvalue weighted by Gasteiger charge is -2.06. The molecule has 0 aliphatic rings. The molecule has 0 aliphatic carbocycles. The highest BCUT2D eigenvalue weighted by atomic mass is 32.1. The Morgan fingerprint density at radius 2 is 1.85 bits per heavy atom. The van der Waals surface area contributed by atoms with E-state index in [9.17, 15) is 9.59 Å². The number of carbonyl (C=O) groups excluding carboxylic acids is 2. The molecule has 26 heavy (non-hydrogen) atoms. The normalized spacial score (nSPS) is 10.7. The number of nitrogens with one attached hydrogen (secondary N) is 2. The van der Waals surface area contributed by atoms with Crippen LogP contribution in [0, 0.1) is 0 Å². The number of fused-ring (bicyclic) bond motifs is 1. The third kappa shape index (κ3) is 4.68. The van der Waals surface area contributed by atoms with E-state index in [1.165, 1.54) is 11.3 Å². The van der Waals surface area contributed by atoms with Gasteiger partial charge in [-0.3, -0.25) is 9.59 Å². The lowest BCUT2D eigenvalue weighted by Crippen LogP contribution is -2.81. The van der Waals surface area contributed by atoms with E-state index in [0.29, 0.717) is 17.8 Å². The minimum Gasteiger partial charge on any atom is -0.350 e. The average Bonchev–Trinajstić information content (AvgIpc) is 3.08. The number of anilines is 1. The van der Waals surface area contributed by atoms with Crippen LogP contribution in [-0.4, -0.2) is 32.0 Å². The second-order valence-corrected chi connectivity index (χ2v) is 7.11. The number of hydrogen-bond donors (Lipinski definition) is 3. The zero-order valence-corrected chi connectivity index (χ0v) is 15.4. The molecule has 1 aromatic heterocycles. The van der Waals surface area contributed by atoms with Gasteiger partial charge in [0.15, 0.2) is 0 Å². The molecule has 134 valence electrons. The highest BCUT2D eigenvalue weighted by molar-refractivity contribution is 7.20. The van der Waals surface area contributed by atoms with E-state index in [0.717, 1.165) is 27.9 Å². The quantitative estimate of drug-likeness (QED) is 0.558. The van der Waals surface area contributed by atoms with Gasteiger partial charge in [0.25, 0.3) is 5.91 Å². The summed E-state index contributed by atoms with van der Waals surface area (Å²) >= 11 is 1.48. The summed E-state index contributed by atoms with van der Waals surface area (Å²) in [7, 11) is 1.97. The molecule has 1 heterocycles. The zero-order valence-electron chi connectivity index (χ0n) is 14.6. The van der Waals surface area contributed by atoms with E-state index >= 15 is 0 Å². The maximum absolute atomic E-state index is 12.4. The van der Waals surface area contributed by atoms with E-state index < -0.39 is 0 Å². The molecule has 0 unspecified atom stereocenters. The maximum Gasteiger partial charge on any atom is 0.265 e. The second-order valence-electron chi connectivity index (χ2n) is 6.02. The van der Waals surface area contributed by atoms with Crippen LogP contribution in [-0.2, 0) is 11.2 Å². The van der Waals surface area contributed by atoms with Crippen LogP contribution in [0.4, 0.5) is 5.69 Å². The topological polar surface area (TPSA) is 74.8 Å². The van der Waals surface area contributed by atoms with Gasteiger partial charge in [-0.1, -0.05) is 30.3 Å². The lowest BCUT2D eigenvalue weighted by atomic mass is 10.1. The molecule has 0 saturated heterocycles. The average molecular weight is 368 g/mol. The Morgan fingerprint density at radius 3 is 2.58 bits per heavy atom. The van der Waals surface area contributed by atoms with E-state index in [1.54, 1.807) is 0 Å². The standard InChI is InChI=1S/C20H21N3O2S/c1-21-10-11-22-19(24)12-14-6-8-16(9-7-14)23-20(25)18-13-15-4-2-3-5-17(15)26-18/h2-9,13,21H,10-12H2,1H3,(H,22,24)(H,23,25)/p+1. The fourth-order valence-electron chi connectivity index (χ4n) is 2.60. The van der Waals surface area contributed by atoms with E-state index in [-0.39, 0.29) is 11.8 Å². The minimum atomic E-state index is -0.118. The summed E-state index contributed by atoms with van der Waals surface area (Å²) in [6, 6.07) is 17.2. The fraction of sp³-hybridized carbons (Fsp3) is 0.200. The number of thiophene rings is 1. The van der Waals surface area contributed by atoms with Gasteiger partial charge in [0.2, 0.25) is 5.91 Å². The first kappa shape index (κ1) is 18.1. The molecule has 0 saturated carbocycles. The molecule has 3 aromatic rings. The number of quaternary nitrogens is 1. The van der Waals surface area contributed by atoms with Crippen molar-refractivity contribution >= 4 is 38.9 Å². The van der Waals surface area contributed by atoms with Crippen molar-refractivity contribution in [3.8, 4) is 0 Å². The number of carbonyl (C=O) groups is 2. The first-order valence-corrected chi connectivity index (χ1v) is 9.41. The molecule has 0 fully saturated rings. The Bertz CT molecular complexity index is 870. The number of nitrogens with two attached hydrogens (primary N) is 1. The molecule has 2 aromatic carbocycles. The van der Waals surface area contributed by atoms with Crippen molar-refractivity contribution in [3.63, 3.8) is 0 Å². The first-order valence-electron chi connectivity index (χ1n) is 8.59. The number of amides is 2. The van der Waals surface area contributed by atoms with Gasteiger partial charge >= 0.3 is 0 Å². The molecule has 0 radical (unpaired) electrons. The summed E-state index contributed by atoms with van der Waals surface area (Å²) < 4.78 is 1.10. The van der Waals surface area contributed by atoms with Gasteiger partial charge < -0.3 is 16.0 Å². The van der Waals surface area contributed by atoms with Crippen LogP contribution in [0.1, 0.15) is 15.2 Å². The Kier molecular flexibility index (Phi) is 5.99. The number of likely N-dealkylation sites (N-methyl/N-ethyl adjacent to an activating group) is 1. The highest BCUT2D eigenvalue weighted by Crippen LogP contribution is 2.26. The van der Waals surface area contributed by atoms with Crippen molar-refractivity contribution in [2.45, 2.75) is 6.42 Å². The zero-order chi connectivity index (χ0) is 18.4. The molecule has 3 rings (SSSR count). The van der Waals surface area contributed by atoms with Crippen LogP contribution in [0.2, 0.25) is 0 Å². The molecule has 5 nitrogen and oxygen atoms in total. The van der Waals surface area contributed by atoms with E-state index in [1.807, 2.05) is 67.0 Å². The number of benzene rings is 2. The SMILES string of the molecule is C[NH2+]CCNC(=O)Cc1ccc(NC(=O)c2cc3ccccc3s2)cc1. The van der Waals surface area contributed by atoms with Gasteiger partial charge in [-0.05, 0) is 35.2 Å². The Balaban J connectivity index is 1.58. The Morgan fingerprint density at radius 1 is 1.08 bits per heavy atom. The summed E-state index contributed by atoms with van der Waals surface area (Å²) in [6.07, 6.45) is 0.342. The fourth-order valence-corrected chi connectivity index (χ4v) is 3.55. The van der Waals surface area contributed by atoms with Crippen LogP contribution in [0.5, 0.6) is 0 Å². The highest BCUT2D eigenvalue weighted by Gasteiger charge is 2.10. The third-order valence-corrected chi connectivity index (χ3v) is 5.10. The molecule has 0 atom stereocenters. The maximum atomic E-state index is 12.4. The van der Waals surface area contributed by atoms with Gasteiger partial charge in [0.05, 0.1) is 31.4 Å². The van der Waals surface area contributed by atoms with Crippen LogP contribution >= 0.6 is 11.3 Å². The van der Waals surface area contributed by atoms with Crippen molar-refractivity contribution in [2.75, 3.05) is 25.5 Å². The first-order chi connectivity index (χ1) is 12.7. The summed E-state index contributed by atoms with van der Waals surface area (Å²) in [5.74, 6) is -0.110. The predicted octanol–water partition coefficient (Wildman–Crippen LogP) is 2.01. The third-order valence-electron chi connectivity index (χ3n) is 3.98. The molecule has 2 amide bonds. The van der Waals surface area contributed by atoms with Crippen molar-refractivity contribution in [1.82, 2.24) is 5.32 Å². The Labute approximate surface area is 156 Å². The van der Waals surface area contributed by atoms with Crippen LogP contribution < -0.4 is 16.0 Å². The summed E-state index contributed by atoms with van der Waals surface area (Å²) in [4.78, 5) is 24.9. The monoisotopic (exact) mass is 368 g/mol. The van der Waals surface area contributed by atoms with Crippen LogP contribution in [0.15, 0.2) is 54.6 Å². The van der Waals surface area contributed by atoms with Gasteiger partial charge in [-0.15, -0.1) is 11.3 Å². The molecule has 0 aliphatic heterocycles. The molecular formula is C20H22N3O2S+. The summed E-state index contributed by atoms with van der Waals surface area (Å²) in [6.45, 7) is 1.53. The van der Waals surface area contributed by atoms with Crippen LogP contribution in [0.3, 0.4) is 0 Å². The molecule has 0 bridgehead atoms. The summed E-state index contributed by atoms with van der Waals surface area (Å²) in [5.41, 5.74) is 1.64. The van der Waals surface area contributed by atoms with Gasteiger partial charge in [0, 0.05) is 10.4 Å².